The zero-order valence-electron chi connectivity index (χ0n) is 20.4. The van der Waals surface area contributed by atoms with Crippen LogP contribution in [0.15, 0.2) is 12.4 Å². The van der Waals surface area contributed by atoms with Crippen LogP contribution in [-0.2, 0) is 13.1 Å². The van der Waals surface area contributed by atoms with Crippen molar-refractivity contribution in [2.75, 3.05) is 0 Å². The van der Waals surface area contributed by atoms with E-state index in [1.165, 1.54) is 141 Å². The molecule has 0 aliphatic heterocycles. The summed E-state index contributed by atoms with van der Waals surface area (Å²) in [6.45, 7) is 9.27. The molecule has 0 unspecified atom stereocenters. The van der Waals surface area contributed by atoms with E-state index in [2.05, 4.69) is 42.3 Å². The van der Waals surface area contributed by atoms with Crippen LogP contribution in [0.3, 0.4) is 0 Å². The summed E-state index contributed by atoms with van der Waals surface area (Å²) in [6.07, 6.45) is 31.5. The number of aromatic nitrogens is 2. The molecule has 0 aliphatic carbocycles. The summed E-state index contributed by atoms with van der Waals surface area (Å²) in [6, 6.07) is 0. The third kappa shape index (κ3) is 13.9. The molecule has 0 bridgehead atoms. The average molecular weight is 406 g/mol. The molecule has 0 spiro atoms. The van der Waals surface area contributed by atoms with Gasteiger partial charge in [0.05, 0.1) is 13.1 Å². The van der Waals surface area contributed by atoms with Gasteiger partial charge in [-0.25, -0.2) is 9.13 Å². The van der Waals surface area contributed by atoms with Crippen molar-refractivity contribution in [2.45, 2.75) is 156 Å². The van der Waals surface area contributed by atoms with Crippen LogP contribution >= 0.6 is 0 Å². The van der Waals surface area contributed by atoms with Gasteiger partial charge in [-0.1, -0.05) is 110 Å². The highest BCUT2D eigenvalue weighted by atomic mass is 15.1. The highest BCUT2D eigenvalue weighted by Crippen LogP contribution is 2.13. The molecule has 0 aromatic carbocycles. The quantitative estimate of drug-likeness (QED) is 0.143. The van der Waals surface area contributed by atoms with E-state index in [9.17, 15) is 0 Å². The molecule has 2 heteroatoms. The molecule has 1 aromatic heterocycles. The van der Waals surface area contributed by atoms with E-state index in [1.807, 2.05) is 0 Å². The Kier molecular flexibility index (Phi) is 17.4. The first kappa shape index (κ1) is 26.2. The number of hydrogen-bond acceptors (Lipinski definition) is 0. The Morgan fingerprint density at radius 2 is 1.00 bits per heavy atom. The van der Waals surface area contributed by atoms with E-state index in [4.69, 9.17) is 0 Å². The van der Waals surface area contributed by atoms with Crippen molar-refractivity contribution in [1.82, 2.24) is 4.57 Å². The average Bonchev–Trinajstić information content (AvgIpc) is 3.07. The lowest BCUT2D eigenvalue weighted by Gasteiger charge is -2.04. The third-order valence-corrected chi connectivity index (χ3v) is 6.51. The highest BCUT2D eigenvalue weighted by molar-refractivity contribution is 4.79. The molecule has 0 aliphatic rings. The summed E-state index contributed by atoms with van der Waals surface area (Å²) in [5.74, 6) is 1.44. The maximum atomic E-state index is 2.46. The van der Waals surface area contributed by atoms with Crippen molar-refractivity contribution in [3.05, 3.63) is 18.2 Å². The third-order valence-electron chi connectivity index (χ3n) is 6.51. The van der Waals surface area contributed by atoms with Gasteiger partial charge < -0.3 is 0 Å². The van der Waals surface area contributed by atoms with Gasteiger partial charge in [0.15, 0.2) is 0 Å². The number of rotatable bonds is 21. The van der Waals surface area contributed by atoms with Crippen molar-refractivity contribution < 1.29 is 4.57 Å². The second-order valence-electron chi connectivity index (χ2n) is 9.24. The summed E-state index contributed by atoms with van der Waals surface area (Å²) < 4.78 is 4.92. The van der Waals surface area contributed by atoms with E-state index in [-0.39, 0.29) is 0 Å². The topological polar surface area (TPSA) is 8.81 Å². The smallest absolute Gasteiger partial charge is 0.234 e. The molecule has 0 atom stereocenters. The zero-order chi connectivity index (χ0) is 21.0. The van der Waals surface area contributed by atoms with E-state index >= 15 is 0 Å². The fourth-order valence-electron chi connectivity index (χ4n) is 4.38. The number of hydrogen-bond donors (Lipinski definition) is 0. The molecule has 0 saturated carbocycles. The monoisotopic (exact) mass is 405 g/mol. The van der Waals surface area contributed by atoms with Crippen LogP contribution in [0.4, 0.5) is 0 Å². The van der Waals surface area contributed by atoms with E-state index in [0.717, 1.165) is 0 Å². The van der Waals surface area contributed by atoms with Gasteiger partial charge in [0.1, 0.15) is 12.4 Å². The first-order valence-corrected chi connectivity index (χ1v) is 13.3. The highest BCUT2D eigenvalue weighted by Gasteiger charge is 2.11. The molecule has 29 heavy (non-hydrogen) atoms. The van der Waals surface area contributed by atoms with Crippen LogP contribution < -0.4 is 4.57 Å². The van der Waals surface area contributed by atoms with Gasteiger partial charge in [-0.15, -0.1) is 0 Å². The molecule has 0 fully saturated rings. The minimum absolute atomic E-state index is 1.20. The molecule has 0 N–H and O–H groups in total. The van der Waals surface area contributed by atoms with Gasteiger partial charge in [0, 0.05) is 6.92 Å². The summed E-state index contributed by atoms with van der Waals surface area (Å²) in [4.78, 5) is 0. The molecule has 1 aromatic rings. The van der Waals surface area contributed by atoms with Gasteiger partial charge in [-0.2, -0.15) is 0 Å². The lowest BCUT2D eigenvalue weighted by atomic mass is 10.0. The summed E-state index contributed by atoms with van der Waals surface area (Å²) >= 11 is 0. The largest absolute Gasteiger partial charge is 0.253 e. The molecule has 170 valence electrons. The van der Waals surface area contributed by atoms with Crippen LogP contribution in [0.25, 0.3) is 0 Å². The Balaban J connectivity index is 1.92. The van der Waals surface area contributed by atoms with Crippen molar-refractivity contribution in [3.63, 3.8) is 0 Å². The standard InChI is InChI=1S/C27H53N2/c1-4-6-8-10-11-12-13-14-15-16-17-18-20-22-24-29-26-25-28(27(29)3)23-21-19-9-7-5-2/h25-26H,4-24H2,1-3H3/q+1. The van der Waals surface area contributed by atoms with Crippen LogP contribution in [0, 0.1) is 6.92 Å². The number of unbranched alkanes of at least 4 members (excludes halogenated alkanes) is 17. The van der Waals surface area contributed by atoms with Crippen LogP contribution in [0.2, 0.25) is 0 Å². The molecule has 2 nitrogen and oxygen atoms in total. The van der Waals surface area contributed by atoms with E-state index in [1.54, 1.807) is 0 Å². The van der Waals surface area contributed by atoms with Crippen molar-refractivity contribution in [1.29, 1.82) is 0 Å². The molecule has 0 radical (unpaired) electrons. The molecule has 0 amide bonds. The van der Waals surface area contributed by atoms with E-state index < -0.39 is 0 Å². The Hall–Kier alpha value is -0.790. The molecular formula is C27H53N2+. The Morgan fingerprint density at radius 3 is 1.48 bits per heavy atom. The van der Waals surface area contributed by atoms with Crippen molar-refractivity contribution in [3.8, 4) is 0 Å². The van der Waals surface area contributed by atoms with Crippen LogP contribution in [0.1, 0.15) is 142 Å². The predicted octanol–water partition coefficient (Wildman–Crippen LogP) is 8.54. The molecule has 1 rings (SSSR count). The number of aryl methyl sites for hydroxylation is 2. The Morgan fingerprint density at radius 1 is 0.586 bits per heavy atom. The maximum Gasteiger partial charge on any atom is 0.253 e. The molecule has 0 saturated heterocycles. The van der Waals surface area contributed by atoms with Gasteiger partial charge in [0.25, 0.3) is 5.82 Å². The predicted molar refractivity (Wildman–Crippen MR) is 128 cm³/mol. The first-order chi connectivity index (χ1) is 14.3. The number of imidazole rings is 1. The summed E-state index contributed by atoms with van der Waals surface area (Å²) in [5.41, 5.74) is 0. The second kappa shape index (κ2) is 19.2. The minimum atomic E-state index is 1.20. The van der Waals surface area contributed by atoms with Gasteiger partial charge in [0.2, 0.25) is 0 Å². The zero-order valence-corrected chi connectivity index (χ0v) is 20.4. The minimum Gasteiger partial charge on any atom is -0.234 e. The lowest BCUT2D eigenvalue weighted by molar-refractivity contribution is -0.702. The summed E-state index contributed by atoms with van der Waals surface area (Å²) in [7, 11) is 0. The Bertz CT molecular complexity index is 463. The Labute approximate surface area is 183 Å². The fraction of sp³-hybridized carbons (Fsp3) is 0.889. The van der Waals surface area contributed by atoms with Gasteiger partial charge in [-0.05, 0) is 25.7 Å². The van der Waals surface area contributed by atoms with Gasteiger partial charge in [-0.3, -0.25) is 0 Å². The van der Waals surface area contributed by atoms with Gasteiger partial charge >= 0.3 is 0 Å². The molecular weight excluding hydrogens is 352 g/mol. The van der Waals surface area contributed by atoms with Crippen LogP contribution in [0.5, 0.6) is 0 Å². The van der Waals surface area contributed by atoms with Crippen molar-refractivity contribution in [2.24, 2.45) is 0 Å². The van der Waals surface area contributed by atoms with E-state index in [0.29, 0.717) is 0 Å². The summed E-state index contributed by atoms with van der Waals surface area (Å²) in [5, 5.41) is 0. The normalized spacial score (nSPS) is 11.4. The fourth-order valence-corrected chi connectivity index (χ4v) is 4.38. The van der Waals surface area contributed by atoms with Crippen molar-refractivity contribution >= 4 is 0 Å². The van der Waals surface area contributed by atoms with Crippen LogP contribution in [-0.4, -0.2) is 4.57 Å². The second-order valence-corrected chi connectivity index (χ2v) is 9.24. The SMILES string of the molecule is CCCCCCCCCCCCCCCCn1cc[n+](CCCCCCC)c1C. The number of nitrogens with zero attached hydrogens (tertiary/aromatic N) is 2. The molecule has 1 heterocycles. The first-order valence-electron chi connectivity index (χ1n) is 13.3. The maximum absolute atomic E-state index is 2.46. The lowest BCUT2D eigenvalue weighted by Crippen LogP contribution is -2.35.